The molecule has 1 rings (SSSR count). The van der Waals surface area contributed by atoms with Gasteiger partial charge in [-0.05, 0) is 37.8 Å². The number of nitrogens with one attached hydrogen (secondary N) is 1. The van der Waals surface area contributed by atoms with Gasteiger partial charge in [-0.15, -0.1) is 0 Å². The standard InChI is InChI=1S/C13H20FNO2S/c1-10(2)8-9-11(3)15-18(16,17)13-7-5-4-6-12(13)14/h4-7,10-11,15H,8-9H2,1-3H3. The van der Waals surface area contributed by atoms with Crippen LogP contribution < -0.4 is 4.72 Å². The van der Waals surface area contributed by atoms with Gasteiger partial charge in [0.15, 0.2) is 0 Å². The molecule has 102 valence electrons. The molecule has 0 amide bonds. The molecule has 1 unspecified atom stereocenters. The SMILES string of the molecule is CC(C)CCC(C)NS(=O)(=O)c1ccccc1F. The van der Waals surface area contributed by atoms with E-state index in [9.17, 15) is 12.8 Å². The smallest absolute Gasteiger partial charge is 0.208 e. The first-order valence-corrected chi connectivity index (χ1v) is 7.58. The second-order valence-corrected chi connectivity index (χ2v) is 6.61. The van der Waals surface area contributed by atoms with Crippen molar-refractivity contribution in [2.75, 3.05) is 0 Å². The summed E-state index contributed by atoms with van der Waals surface area (Å²) in [5.41, 5.74) is 0. The van der Waals surface area contributed by atoms with Crippen LogP contribution in [-0.2, 0) is 10.0 Å². The molecule has 18 heavy (non-hydrogen) atoms. The first-order chi connectivity index (χ1) is 8.33. The summed E-state index contributed by atoms with van der Waals surface area (Å²) in [7, 11) is -3.76. The van der Waals surface area contributed by atoms with Gasteiger partial charge < -0.3 is 0 Å². The largest absolute Gasteiger partial charge is 0.243 e. The maximum absolute atomic E-state index is 13.4. The van der Waals surface area contributed by atoms with Crippen molar-refractivity contribution in [2.45, 2.75) is 44.6 Å². The number of benzene rings is 1. The van der Waals surface area contributed by atoms with Crippen LogP contribution in [0.5, 0.6) is 0 Å². The zero-order valence-electron chi connectivity index (χ0n) is 11.0. The second-order valence-electron chi connectivity index (χ2n) is 4.92. The van der Waals surface area contributed by atoms with E-state index in [1.807, 2.05) is 0 Å². The molecule has 1 atom stereocenters. The van der Waals surface area contributed by atoms with E-state index >= 15 is 0 Å². The summed E-state index contributed by atoms with van der Waals surface area (Å²) >= 11 is 0. The number of hydrogen-bond acceptors (Lipinski definition) is 2. The van der Waals surface area contributed by atoms with Crippen LogP contribution in [-0.4, -0.2) is 14.5 Å². The Morgan fingerprint density at radius 1 is 1.17 bits per heavy atom. The molecule has 0 aliphatic carbocycles. The Balaban J connectivity index is 2.74. The fraction of sp³-hybridized carbons (Fsp3) is 0.538. The van der Waals surface area contributed by atoms with Gasteiger partial charge in [0.05, 0.1) is 0 Å². The minimum absolute atomic E-state index is 0.197. The van der Waals surface area contributed by atoms with Crippen LogP contribution in [0.2, 0.25) is 0 Å². The Morgan fingerprint density at radius 3 is 2.33 bits per heavy atom. The topological polar surface area (TPSA) is 46.2 Å². The number of rotatable bonds is 6. The average molecular weight is 273 g/mol. The lowest BCUT2D eigenvalue weighted by molar-refractivity contribution is 0.483. The number of halogens is 1. The van der Waals surface area contributed by atoms with Gasteiger partial charge in [0.2, 0.25) is 10.0 Å². The fourth-order valence-electron chi connectivity index (χ4n) is 1.63. The second kappa shape index (κ2) is 6.29. The van der Waals surface area contributed by atoms with Crippen LogP contribution in [0.3, 0.4) is 0 Å². The average Bonchev–Trinajstić information content (AvgIpc) is 2.26. The molecule has 0 fully saturated rings. The van der Waals surface area contributed by atoms with Gasteiger partial charge in [-0.3, -0.25) is 0 Å². The van der Waals surface area contributed by atoms with Crippen LogP contribution in [0.1, 0.15) is 33.6 Å². The van der Waals surface area contributed by atoms with Gasteiger partial charge in [0.25, 0.3) is 0 Å². The molecule has 0 radical (unpaired) electrons. The highest BCUT2D eigenvalue weighted by molar-refractivity contribution is 7.89. The molecule has 0 aromatic heterocycles. The van der Waals surface area contributed by atoms with Crippen molar-refractivity contribution in [3.8, 4) is 0 Å². The van der Waals surface area contributed by atoms with E-state index in [1.165, 1.54) is 18.2 Å². The molecule has 0 saturated carbocycles. The van der Waals surface area contributed by atoms with E-state index in [0.29, 0.717) is 5.92 Å². The van der Waals surface area contributed by atoms with Crippen LogP contribution in [0.15, 0.2) is 29.2 Å². The quantitative estimate of drug-likeness (QED) is 0.866. The highest BCUT2D eigenvalue weighted by Gasteiger charge is 2.20. The maximum Gasteiger partial charge on any atom is 0.243 e. The van der Waals surface area contributed by atoms with Crippen LogP contribution >= 0.6 is 0 Å². The summed E-state index contributed by atoms with van der Waals surface area (Å²) < 4.78 is 39.8. The highest BCUT2D eigenvalue weighted by Crippen LogP contribution is 2.15. The van der Waals surface area contributed by atoms with Crippen molar-refractivity contribution in [2.24, 2.45) is 5.92 Å². The monoisotopic (exact) mass is 273 g/mol. The van der Waals surface area contributed by atoms with Crippen LogP contribution in [0.25, 0.3) is 0 Å². The molecule has 1 aromatic rings. The summed E-state index contributed by atoms with van der Waals surface area (Å²) in [6, 6.07) is 5.20. The molecule has 0 saturated heterocycles. The molecule has 0 spiro atoms. The Bertz CT molecular complexity index is 486. The van der Waals surface area contributed by atoms with Crippen molar-refractivity contribution in [3.63, 3.8) is 0 Å². The van der Waals surface area contributed by atoms with Crippen molar-refractivity contribution < 1.29 is 12.8 Å². The number of hydrogen-bond donors (Lipinski definition) is 1. The summed E-state index contributed by atoms with van der Waals surface area (Å²) in [5.74, 6) is -0.202. The fourth-order valence-corrected chi connectivity index (χ4v) is 2.99. The Morgan fingerprint density at radius 2 is 1.78 bits per heavy atom. The summed E-state index contributed by atoms with van der Waals surface area (Å²) in [5, 5.41) is 0. The lowest BCUT2D eigenvalue weighted by Crippen LogP contribution is -2.33. The molecule has 0 bridgehead atoms. The predicted molar refractivity (Wildman–Crippen MR) is 70.3 cm³/mol. The third-order valence-electron chi connectivity index (χ3n) is 2.66. The number of sulfonamides is 1. The first kappa shape index (κ1) is 15.1. The van der Waals surface area contributed by atoms with Gasteiger partial charge in [-0.2, -0.15) is 0 Å². The molecule has 3 nitrogen and oxygen atoms in total. The van der Waals surface area contributed by atoms with Gasteiger partial charge in [-0.1, -0.05) is 26.0 Å². The Hall–Kier alpha value is -0.940. The van der Waals surface area contributed by atoms with Crippen molar-refractivity contribution >= 4 is 10.0 Å². The van der Waals surface area contributed by atoms with E-state index in [1.54, 1.807) is 6.92 Å². The van der Waals surface area contributed by atoms with Gasteiger partial charge in [0, 0.05) is 6.04 Å². The van der Waals surface area contributed by atoms with E-state index in [0.717, 1.165) is 18.9 Å². The van der Waals surface area contributed by atoms with E-state index in [-0.39, 0.29) is 10.9 Å². The minimum Gasteiger partial charge on any atom is -0.208 e. The maximum atomic E-state index is 13.4. The third kappa shape index (κ3) is 4.38. The Labute approximate surface area is 108 Å². The normalized spacial score (nSPS) is 13.8. The summed E-state index contributed by atoms with van der Waals surface area (Å²) in [4.78, 5) is -0.290. The van der Waals surface area contributed by atoms with E-state index < -0.39 is 15.8 Å². The van der Waals surface area contributed by atoms with Crippen LogP contribution in [0.4, 0.5) is 4.39 Å². The molecule has 0 aliphatic heterocycles. The molecule has 0 aliphatic rings. The molecular formula is C13H20FNO2S. The lowest BCUT2D eigenvalue weighted by atomic mass is 10.1. The minimum atomic E-state index is -3.76. The summed E-state index contributed by atoms with van der Waals surface area (Å²) in [6.45, 7) is 5.96. The Kier molecular flexibility index (Phi) is 5.28. The molecule has 1 N–H and O–H groups in total. The predicted octanol–water partition coefficient (Wildman–Crippen LogP) is 2.93. The molecule has 1 aromatic carbocycles. The summed E-state index contributed by atoms with van der Waals surface area (Å²) in [6.07, 6.45) is 1.67. The van der Waals surface area contributed by atoms with Crippen molar-refractivity contribution in [1.82, 2.24) is 4.72 Å². The van der Waals surface area contributed by atoms with Crippen molar-refractivity contribution in [3.05, 3.63) is 30.1 Å². The molecule has 0 heterocycles. The first-order valence-electron chi connectivity index (χ1n) is 6.10. The van der Waals surface area contributed by atoms with Gasteiger partial charge >= 0.3 is 0 Å². The highest BCUT2D eigenvalue weighted by atomic mass is 32.2. The molecule has 5 heteroatoms. The third-order valence-corrected chi connectivity index (χ3v) is 4.28. The molecular weight excluding hydrogens is 253 g/mol. The van der Waals surface area contributed by atoms with E-state index in [2.05, 4.69) is 18.6 Å². The van der Waals surface area contributed by atoms with E-state index in [4.69, 9.17) is 0 Å². The van der Waals surface area contributed by atoms with Gasteiger partial charge in [-0.25, -0.2) is 17.5 Å². The van der Waals surface area contributed by atoms with Crippen LogP contribution in [0, 0.1) is 11.7 Å². The zero-order valence-corrected chi connectivity index (χ0v) is 11.8. The van der Waals surface area contributed by atoms with Crippen molar-refractivity contribution in [1.29, 1.82) is 0 Å². The zero-order chi connectivity index (χ0) is 13.8. The van der Waals surface area contributed by atoms with Gasteiger partial charge in [0.1, 0.15) is 10.7 Å². The lowest BCUT2D eigenvalue weighted by Gasteiger charge is -2.15.